The van der Waals surface area contributed by atoms with Crippen molar-refractivity contribution >= 4 is 22.8 Å². The topological polar surface area (TPSA) is 76.8 Å². The molecule has 2 amide bonds. The van der Waals surface area contributed by atoms with Crippen LogP contribution in [0.2, 0.25) is 0 Å². The molecule has 1 atom stereocenters. The Hall–Kier alpha value is -2.84. The van der Waals surface area contributed by atoms with Crippen LogP contribution in [0.4, 0.5) is 13.2 Å². The second-order valence-corrected chi connectivity index (χ2v) is 9.04. The average molecular weight is 482 g/mol. The number of alkyl halides is 3. The number of hydrogen-bond acceptors (Lipinski definition) is 5. The Kier molecular flexibility index (Phi) is 7.73. The lowest BCUT2D eigenvalue weighted by Crippen LogP contribution is -2.35. The fraction of sp³-hybridized carbons (Fsp3) is 0.560. The first-order chi connectivity index (χ1) is 16.0. The maximum atomic E-state index is 13.4. The number of rotatable bonds is 10. The average Bonchev–Trinajstić information content (AvgIpc) is 2.96. The molecule has 1 aromatic heterocycles. The number of halogens is 3. The van der Waals surface area contributed by atoms with Gasteiger partial charge in [-0.1, -0.05) is 33.6 Å². The molecular formula is C25H30F3NO5. The van der Waals surface area contributed by atoms with Gasteiger partial charge in [-0.25, -0.2) is 4.79 Å². The number of carbonyl (C=O) groups is 2. The van der Waals surface area contributed by atoms with E-state index in [9.17, 15) is 27.6 Å². The number of carbonyl (C=O) groups excluding carboxylic acids is 2. The summed E-state index contributed by atoms with van der Waals surface area (Å²) in [6, 6.07) is 3.18. The third-order valence-electron chi connectivity index (χ3n) is 6.22. The Labute approximate surface area is 196 Å². The molecule has 0 saturated carbocycles. The van der Waals surface area contributed by atoms with Crippen LogP contribution >= 0.6 is 0 Å². The molecule has 1 aromatic carbocycles. The van der Waals surface area contributed by atoms with Crippen LogP contribution in [0.5, 0.6) is 5.75 Å². The van der Waals surface area contributed by atoms with Crippen molar-refractivity contribution < 1.29 is 31.9 Å². The van der Waals surface area contributed by atoms with Crippen LogP contribution in [-0.2, 0) is 22.2 Å². The van der Waals surface area contributed by atoms with E-state index in [1.54, 1.807) is 0 Å². The lowest BCUT2D eigenvalue weighted by molar-refractivity contribution is -0.141. The van der Waals surface area contributed by atoms with Crippen molar-refractivity contribution in [2.45, 2.75) is 71.9 Å². The van der Waals surface area contributed by atoms with E-state index in [0.29, 0.717) is 56.0 Å². The van der Waals surface area contributed by atoms with Gasteiger partial charge in [0.15, 0.2) is 0 Å². The minimum atomic E-state index is -4.68. The van der Waals surface area contributed by atoms with Gasteiger partial charge in [0.1, 0.15) is 11.3 Å². The molecule has 1 aliphatic heterocycles. The standard InChI is InChI=1S/C25H30F3NO5/c1-4-8-17-19(10-9-16-18(25(26,27)28)14-21(31)34-22(16)17)33-13-7-6-12-29-20(30)15-24(3,11-5-2)23(29)32/h9-10,14H,4-8,11-13,15H2,1-3H3. The van der Waals surface area contributed by atoms with Crippen molar-refractivity contribution in [3.63, 3.8) is 0 Å². The van der Waals surface area contributed by atoms with Gasteiger partial charge >= 0.3 is 11.8 Å². The zero-order chi connectivity index (χ0) is 25.1. The van der Waals surface area contributed by atoms with Crippen LogP contribution in [0, 0.1) is 5.41 Å². The number of fused-ring (bicyclic) bond motifs is 1. The summed E-state index contributed by atoms with van der Waals surface area (Å²) < 4.78 is 51.2. The molecule has 0 radical (unpaired) electrons. The quantitative estimate of drug-likeness (QED) is 0.255. The number of hydrogen-bond donors (Lipinski definition) is 0. The molecular weight excluding hydrogens is 451 g/mol. The van der Waals surface area contributed by atoms with Crippen LogP contribution in [0.3, 0.4) is 0 Å². The van der Waals surface area contributed by atoms with Gasteiger partial charge in [-0.15, -0.1) is 0 Å². The van der Waals surface area contributed by atoms with Gasteiger partial charge < -0.3 is 9.15 Å². The van der Waals surface area contributed by atoms with E-state index in [-0.39, 0.29) is 35.8 Å². The Bertz CT molecular complexity index is 1120. The molecule has 186 valence electrons. The Morgan fingerprint density at radius 3 is 2.50 bits per heavy atom. The number of amides is 2. The number of aryl methyl sites for hydroxylation is 1. The van der Waals surface area contributed by atoms with E-state index in [1.807, 2.05) is 20.8 Å². The molecule has 2 heterocycles. The van der Waals surface area contributed by atoms with Crippen molar-refractivity contribution in [1.29, 1.82) is 0 Å². The van der Waals surface area contributed by atoms with Gasteiger partial charge in [0.05, 0.1) is 17.6 Å². The Morgan fingerprint density at radius 1 is 1.12 bits per heavy atom. The molecule has 1 unspecified atom stereocenters. The zero-order valence-electron chi connectivity index (χ0n) is 19.7. The lowest BCUT2D eigenvalue weighted by atomic mass is 9.84. The van der Waals surface area contributed by atoms with Crippen molar-refractivity contribution in [2.75, 3.05) is 13.2 Å². The minimum absolute atomic E-state index is 0.109. The highest BCUT2D eigenvalue weighted by molar-refractivity contribution is 6.05. The number of nitrogens with zero attached hydrogens (tertiary/aromatic N) is 1. The van der Waals surface area contributed by atoms with E-state index in [0.717, 1.165) is 6.42 Å². The highest BCUT2D eigenvalue weighted by atomic mass is 19.4. The number of likely N-dealkylation sites (tertiary alicyclic amines) is 1. The molecule has 2 aromatic rings. The lowest BCUT2D eigenvalue weighted by Gasteiger charge is -2.21. The van der Waals surface area contributed by atoms with Gasteiger partial charge in [0.25, 0.3) is 0 Å². The fourth-order valence-corrected chi connectivity index (χ4v) is 4.59. The van der Waals surface area contributed by atoms with Crippen LogP contribution < -0.4 is 10.4 Å². The summed E-state index contributed by atoms with van der Waals surface area (Å²) >= 11 is 0. The van der Waals surface area contributed by atoms with Crippen LogP contribution in [-0.4, -0.2) is 29.9 Å². The number of unbranched alkanes of at least 4 members (excludes halogenated alkanes) is 1. The van der Waals surface area contributed by atoms with Crippen molar-refractivity contribution in [3.8, 4) is 5.75 Å². The van der Waals surface area contributed by atoms with Crippen LogP contribution in [0.15, 0.2) is 27.4 Å². The summed E-state index contributed by atoms with van der Waals surface area (Å²) in [5.41, 5.74) is -2.41. The van der Waals surface area contributed by atoms with Crippen molar-refractivity contribution in [3.05, 3.63) is 39.7 Å². The normalized spacial score (nSPS) is 18.8. The first-order valence-electron chi connectivity index (χ1n) is 11.7. The summed E-state index contributed by atoms with van der Waals surface area (Å²) in [7, 11) is 0. The molecule has 34 heavy (non-hydrogen) atoms. The first kappa shape index (κ1) is 25.8. The summed E-state index contributed by atoms with van der Waals surface area (Å²) in [6.45, 7) is 6.23. The molecule has 1 saturated heterocycles. The predicted molar refractivity (Wildman–Crippen MR) is 121 cm³/mol. The van der Waals surface area contributed by atoms with Crippen molar-refractivity contribution in [2.24, 2.45) is 5.41 Å². The highest BCUT2D eigenvalue weighted by Gasteiger charge is 2.46. The fourth-order valence-electron chi connectivity index (χ4n) is 4.59. The maximum Gasteiger partial charge on any atom is 0.417 e. The van der Waals surface area contributed by atoms with Gasteiger partial charge in [-0.05, 0) is 37.8 Å². The molecule has 0 N–H and O–H groups in total. The Balaban J connectivity index is 1.69. The molecule has 1 fully saturated rings. The Morgan fingerprint density at radius 2 is 1.85 bits per heavy atom. The minimum Gasteiger partial charge on any atom is -0.493 e. The monoisotopic (exact) mass is 481 g/mol. The van der Waals surface area contributed by atoms with E-state index < -0.39 is 22.8 Å². The summed E-state index contributed by atoms with van der Waals surface area (Å²) in [6.07, 6.45) is -0.869. The molecule has 0 spiro atoms. The van der Waals surface area contributed by atoms with Gasteiger partial charge in [0, 0.05) is 30.0 Å². The smallest absolute Gasteiger partial charge is 0.417 e. The number of imide groups is 1. The molecule has 3 rings (SSSR count). The molecule has 0 aliphatic carbocycles. The zero-order valence-corrected chi connectivity index (χ0v) is 19.7. The second-order valence-electron chi connectivity index (χ2n) is 9.04. The van der Waals surface area contributed by atoms with E-state index >= 15 is 0 Å². The molecule has 0 bridgehead atoms. The molecule has 1 aliphatic rings. The van der Waals surface area contributed by atoms with Gasteiger partial charge in [-0.2, -0.15) is 13.2 Å². The summed E-state index contributed by atoms with van der Waals surface area (Å²) in [5.74, 6) is 0.0772. The summed E-state index contributed by atoms with van der Waals surface area (Å²) in [5, 5.41) is -0.177. The van der Waals surface area contributed by atoms with E-state index in [2.05, 4.69) is 0 Å². The molecule has 9 heteroatoms. The number of ether oxygens (including phenoxy) is 1. The van der Waals surface area contributed by atoms with E-state index in [1.165, 1.54) is 17.0 Å². The summed E-state index contributed by atoms with van der Waals surface area (Å²) in [4.78, 5) is 38.1. The van der Waals surface area contributed by atoms with E-state index in [4.69, 9.17) is 9.15 Å². The van der Waals surface area contributed by atoms with Crippen LogP contribution in [0.1, 0.15) is 70.4 Å². The SMILES string of the molecule is CCCc1c(OCCCCN2C(=O)CC(C)(CCC)C2=O)ccc2c(C(F)(F)F)cc(=O)oc12. The predicted octanol–water partition coefficient (Wildman–Crippen LogP) is 5.49. The van der Waals surface area contributed by atoms with Gasteiger partial charge in [0.2, 0.25) is 11.8 Å². The van der Waals surface area contributed by atoms with Crippen LogP contribution in [0.25, 0.3) is 11.0 Å². The third kappa shape index (κ3) is 5.28. The first-order valence-corrected chi connectivity index (χ1v) is 11.7. The highest BCUT2D eigenvalue weighted by Crippen LogP contribution is 2.38. The second kappa shape index (κ2) is 10.2. The van der Waals surface area contributed by atoms with Crippen molar-refractivity contribution in [1.82, 2.24) is 4.90 Å². The molecule has 6 nitrogen and oxygen atoms in total. The largest absolute Gasteiger partial charge is 0.493 e. The maximum absolute atomic E-state index is 13.4. The number of benzene rings is 1. The third-order valence-corrected chi connectivity index (χ3v) is 6.22. The van der Waals surface area contributed by atoms with Gasteiger partial charge in [-0.3, -0.25) is 14.5 Å².